The van der Waals surface area contributed by atoms with Crippen LogP contribution < -0.4 is 0 Å². The molecule has 0 heterocycles. The van der Waals surface area contributed by atoms with Crippen molar-refractivity contribution >= 4 is 23.2 Å². The predicted molar refractivity (Wildman–Crippen MR) is 62.1 cm³/mol. The summed E-state index contributed by atoms with van der Waals surface area (Å²) in [6.45, 7) is 0. The van der Waals surface area contributed by atoms with Gasteiger partial charge in [-0.05, 0) is 19.3 Å². The highest BCUT2D eigenvalue weighted by Gasteiger charge is 2.27. The summed E-state index contributed by atoms with van der Waals surface area (Å²) in [5.41, 5.74) is -0.239. The molecule has 0 radical (unpaired) electrons. The van der Waals surface area contributed by atoms with Gasteiger partial charge in [-0.25, -0.2) is 13.2 Å². The highest BCUT2D eigenvalue weighted by Crippen LogP contribution is 2.38. The van der Waals surface area contributed by atoms with Crippen molar-refractivity contribution in [2.75, 3.05) is 0 Å². The van der Waals surface area contributed by atoms with Crippen LogP contribution in [0.2, 0.25) is 10.0 Å². The van der Waals surface area contributed by atoms with E-state index in [4.69, 9.17) is 23.2 Å². The normalized spacial score (nSPS) is 19.7. The molecule has 1 aromatic carbocycles. The molecule has 0 fully saturated rings. The van der Waals surface area contributed by atoms with E-state index in [1.165, 1.54) is 0 Å². The van der Waals surface area contributed by atoms with Gasteiger partial charge in [-0.3, -0.25) is 0 Å². The number of halogens is 5. The minimum absolute atomic E-state index is 0.239. The van der Waals surface area contributed by atoms with Crippen molar-refractivity contribution in [2.45, 2.75) is 25.2 Å². The summed E-state index contributed by atoms with van der Waals surface area (Å²) in [5, 5.41) is -1.49. The Kier molecular flexibility index (Phi) is 3.69. The summed E-state index contributed by atoms with van der Waals surface area (Å²) in [7, 11) is 0. The highest BCUT2D eigenvalue weighted by atomic mass is 35.5. The lowest BCUT2D eigenvalue weighted by Crippen LogP contribution is -2.08. The molecule has 1 atom stereocenters. The van der Waals surface area contributed by atoms with Crippen LogP contribution in [0.1, 0.15) is 30.7 Å². The van der Waals surface area contributed by atoms with E-state index >= 15 is 0 Å². The largest absolute Gasteiger partial charge is 0.205 e. The first-order chi connectivity index (χ1) is 8.04. The number of hydrogen-bond acceptors (Lipinski definition) is 0. The number of hydrogen-bond donors (Lipinski definition) is 0. The van der Waals surface area contributed by atoms with Crippen LogP contribution in [0.25, 0.3) is 0 Å². The van der Waals surface area contributed by atoms with Crippen LogP contribution in [0.4, 0.5) is 13.2 Å². The van der Waals surface area contributed by atoms with Gasteiger partial charge in [0, 0.05) is 11.5 Å². The average Bonchev–Trinajstić information content (AvgIpc) is 2.36. The van der Waals surface area contributed by atoms with Crippen molar-refractivity contribution in [2.24, 2.45) is 0 Å². The Bertz CT molecular complexity index is 454. The molecule has 0 N–H and O–H groups in total. The number of rotatable bonds is 1. The second kappa shape index (κ2) is 4.91. The first-order valence-corrected chi connectivity index (χ1v) is 5.97. The Morgan fingerprint density at radius 3 is 2.06 bits per heavy atom. The van der Waals surface area contributed by atoms with E-state index in [9.17, 15) is 13.2 Å². The molecule has 1 aliphatic rings. The quantitative estimate of drug-likeness (QED) is 0.375. The second-order valence-electron chi connectivity index (χ2n) is 3.95. The molecular formula is C12H9Cl2F3. The summed E-state index contributed by atoms with van der Waals surface area (Å²) in [4.78, 5) is 0. The van der Waals surface area contributed by atoms with E-state index in [2.05, 4.69) is 0 Å². The Morgan fingerprint density at radius 2 is 1.59 bits per heavy atom. The SMILES string of the molecule is Fc1c(Cl)c(F)c(C2C=CCCC2)c(F)c1Cl. The molecule has 0 aliphatic heterocycles. The van der Waals surface area contributed by atoms with Gasteiger partial charge >= 0.3 is 0 Å². The van der Waals surface area contributed by atoms with Crippen LogP contribution in [0.5, 0.6) is 0 Å². The fourth-order valence-electron chi connectivity index (χ4n) is 2.00. The summed E-state index contributed by atoms with van der Waals surface area (Å²) >= 11 is 10.9. The fraction of sp³-hybridized carbons (Fsp3) is 0.333. The lowest BCUT2D eigenvalue weighted by atomic mass is 9.88. The van der Waals surface area contributed by atoms with Gasteiger partial charge in [0.1, 0.15) is 10.0 Å². The molecule has 0 saturated carbocycles. The molecule has 2 rings (SSSR count). The third-order valence-electron chi connectivity index (χ3n) is 2.87. The molecule has 0 saturated heterocycles. The Labute approximate surface area is 107 Å². The average molecular weight is 281 g/mol. The molecule has 92 valence electrons. The molecule has 0 nitrogen and oxygen atoms in total. The Balaban J connectivity index is 2.60. The molecular weight excluding hydrogens is 272 g/mol. The van der Waals surface area contributed by atoms with E-state index < -0.39 is 33.4 Å². The van der Waals surface area contributed by atoms with Crippen LogP contribution >= 0.6 is 23.2 Å². The van der Waals surface area contributed by atoms with E-state index in [1.54, 1.807) is 6.08 Å². The summed E-state index contributed by atoms with van der Waals surface area (Å²) in [6.07, 6.45) is 5.85. The minimum Gasteiger partial charge on any atom is -0.205 e. The van der Waals surface area contributed by atoms with Crippen LogP contribution in [0.3, 0.4) is 0 Å². The van der Waals surface area contributed by atoms with Gasteiger partial charge in [0.05, 0.1) is 0 Å². The monoisotopic (exact) mass is 280 g/mol. The molecule has 5 heteroatoms. The molecule has 0 spiro atoms. The summed E-state index contributed by atoms with van der Waals surface area (Å²) in [6, 6.07) is 0. The Hall–Kier alpha value is -0.670. The molecule has 1 aromatic rings. The number of benzene rings is 1. The van der Waals surface area contributed by atoms with Crippen LogP contribution in [0.15, 0.2) is 12.2 Å². The summed E-state index contributed by atoms with van der Waals surface area (Å²) < 4.78 is 40.8. The maximum Gasteiger partial charge on any atom is 0.166 e. The third kappa shape index (κ3) is 2.18. The first-order valence-electron chi connectivity index (χ1n) is 5.22. The molecule has 1 unspecified atom stereocenters. The smallest absolute Gasteiger partial charge is 0.166 e. The maximum atomic E-state index is 13.8. The lowest BCUT2D eigenvalue weighted by Gasteiger charge is -2.19. The van der Waals surface area contributed by atoms with Gasteiger partial charge in [-0.2, -0.15) is 0 Å². The van der Waals surface area contributed by atoms with Crippen LogP contribution in [0, 0.1) is 17.5 Å². The van der Waals surface area contributed by atoms with E-state index in [0.717, 1.165) is 12.8 Å². The molecule has 0 aromatic heterocycles. The molecule has 1 aliphatic carbocycles. The van der Waals surface area contributed by atoms with Crippen molar-refractivity contribution in [1.82, 2.24) is 0 Å². The number of allylic oxidation sites excluding steroid dienone is 2. The van der Waals surface area contributed by atoms with Crippen LogP contribution in [-0.2, 0) is 0 Å². The summed E-state index contributed by atoms with van der Waals surface area (Å²) in [5.74, 6) is -3.78. The van der Waals surface area contributed by atoms with Gasteiger partial charge in [0.25, 0.3) is 0 Å². The molecule has 0 bridgehead atoms. The molecule has 0 amide bonds. The lowest BCUT2D eigenvalue weighted by molar-refractivity contribution is 0.503. The van der Waals surface area contributed by atoms with Crippen molar-refractivity contribution in [3.05, 3.63) is 45.2 Å². The van der Waals surface area contributed by atoms with E-state index in [-0.39, 0.29) is 5.56 Å². The Morgan fingerprint density at radius 1 is 1.00 bits per heavy atom. The van der Waals surface area contributed by atoms with Crippen molar-refractivity contribution in [3.8, 4) is 0 Å². The van der Waals surface area contributed by atoms with Gasteiger partial charge in [-0.1, -0.05) is 35.4 Å². The van der Waals surface area contributed by atoms with Gasteiger partial charge in [0.2, 0.25) is 0 Å². The van der Waals surface area contributed by atoms with E-state index in [0.29, 0.717) is 6.42 Å². The highest BCUT2D eigenvalue weighted by molar-refractivity contribution is 6.35. The minimum atomic E-state index is -1.24. The molecule has 17 heavy (non-hydrogen) atoms. The predicted octanol–water partition coefficient (Wildman–Crippen LogP) is 5.23. The van der Waals surface area contributed by atoms with Crippen LogP contribution in [-0.4, -0.2) is 0 Å². The topological polar surface area (TPSA) is 0 Å². The third-order valence-corrected chi connectivity index (χ3v) is 3.53. The standard InChI is InChI=1S/C12H9Cl2F3/c13-8-10(15)7(6-4-2-1-3-5-6)11(16)9(14)12(8)17/h2,4,6H,1,3,5H2. The fourth-order valence-corrected chi connectivity index (χ4v) is 2.44. The zero-order chi connectivity index (χ0) is 12.6. The zero-order valence-electron chi connectivity index (χ0n) is 8.74. The van der Waals surface area contributed by atoms with Gasteiger partial charge in [0.15, 0.2) is 17.5 Å². The van der Waals surface area contributed by atoms with Crippen molar-refractivity contribution in [1.29, 1.82) is 0 Å². The second-order valence-corrected chi connectivity index (χ2v) is 4.71. The van der Waals surface area contributed by atoms with Gasteiger partial charge < -0.3 is 0 Å². The van der Waals surface area contributed by atoms with Gasteiger partial charge in [-0.15, -0.1) is 0 Å². The van der Waals surface area contributed by atoms with Crippen molar-refractivity contribution < 1.29 is 13.2 Å². The van der Waals surface area contributed by atoms with Crippen molar-refractivity contribution in [3.63, 3.8) is 0 Å². The van der Waals surface area contributed by atoms with E-state index in [1.807, 2.05) is 6.08 Å². The first kappa shape index (κ1) is 12.8. The maximum absolute atomic E-state index is 13.8. The zero-order valence-corrected chi connectivity index (χ0v) is 10.3.